The smallest absolute Gasteiger partial charge is 0.407 e. The van der Waals surface area contributed by atoms with Crippen LogP contribution in [0.2, 0.25) is 0 Å². The van der Waals surface area contributed by atoms with Crippen LogP contribution < -0.4 is 15.4 Å². The van der Waals surface area contributed by atoms with Gasteiger partial charge in [-0.15, -0.1) is 0 Å². The van der Waals surface area contributed by atoms with E-state index in [2.05, 4.69) is 75.2 Å². The van der Waals surface area contributed by atoms with Crippen LogP contribution in [-0.4, -0.2) is 99.8 Å². The zero-order chi connectivity index (χ0) is 48.9. The van der Waals surface area contributed by atoms with Crippen LogP contribution in [0, 0.1) is 5.92 Å². The van der Waals surface area contributed by atoms with Gasteiger partial charge in [-0.3, -0.25) is 9.59 Å². The topological polar surface area (TPSA) is 193 Å². The van der Waals surface area contributed by atoms with E-state index in [4.69, 9.17) is 28.9 Å². The highest BCUT2D eigenvalue weighted by molar-refractivity contribution is 5.89. The minimum Gasteiger partial charge on any atom is -0.488 e. The zero-order valence-electron chi connectivity index (χ0n) is 40.5. The van der Waals surface area contributed by atoms with Gasteiger partial charge >= 0.3 is 12.2 Å². The predicted molar refractivity (Wildman–Crippen MR) is 265 cm³/mol. The van der Waals surface area contributed by atoms with E-state index in [-0.39, 0.29) is 35.9 Å². The van der Waals surface area contributed by atoms with Gasteiger partial charge in [-0.25, -0.2) is 19.6 Å². The van der Waals surface area contributed by atoms with Gasteiger partial charge in [0.1, 0.15) is 36.1 Å². The lowest BCUT2D eigenvalue weighted by Gasteiger charge is -2.36. The van der Waals surface area contributed by atoms with Gasteiger partial charge in [-0.05, 0) is 127 Å². The van der Waals surface area contributed by atoms with E-state index in [9.17, 15) is 19.2 Å². The molecule has 71 heavy (non-hydrogen) atoms. The number of piperidine rings is 1. The summed E-state index contributed by atoms with van der Waals surface area (Å²) in [4.78, 5) is 74.0. The minimum absolute atomic E-state index is 0.0598. The van der Waals surface area contributed by atoms with Gasteiger partial charge < -0.3 is 49.3 Å². The van der Waals surface area contributed by atoms with Gasteiger partial charge in [0.25, 0.3) is 5.91 Å². The van der Waals surface area contributed by atoms with Crippen LogP contribution in [-0.2, 0) is 30.4 Å². The first-order valence-corrected chi connectivity index (χ1v) is 25.0. The Morgan fingerprint density at radius 3 is 2.30 bits per heavy atom. The second-order valence-electron chi connectivity index (χ2n) is 19.8. The Morgan fingerprint density at radius 2 is 1.51 bits per heavy atom. The molecule has 2 saturated heterocycles. The maximum atomic E-state index is 14.8. The molecule has 2 aromatic heterocycles. The Labute approximate surface area is 412 Å². The molecule has 4 N–H and O–H groups in total. The number of aromatic nitrogens is 4. The third-order valence-corrected chi connectivity index (χ3v) is 15.8. The number of fused-ring (bicyclic) bond motifs is 6. The van der Waals surface area contributed by atoms with Crippen molar-refractivity contribution in [1.82, 2.24) is 40.4 Å². The lowest BCUT2D eigenvalue weighted by atomic mass is 9.92. The summed E-state index contributed by atoms with van der Waals surface area (Å²) in [6.45, 7) is 2.67. The van der Waals surface area contributed by atoms with Gasteiger partial charge in [-0.2, -0.15) is 0 Å². The van der Waals surface area contributed by atoms with Crippen molar-refractivity contribution in [3.8, 4) is 39.3 Å². The normalized spacial score (nSPS) is 21.6. The first kappa shape index (κ1) is 46.2. The third-order valence-electron chi connectivity index (χ3n) is 15.8. The van der Waals surface area contributed by atoms with Crippen molar-refractivity contribution in [1.29, 1.82) is 0 Å². The van der Waals surface area contributed by atoms with Gasteiger partial charge in [0, 0.05) is 30.8 Å². The number of alkyl carbamates (subject to hydrolysis) is 2. The van der Waals surface area contributed by atoms with Crippen molar-refractivity contribution in [2.75, 3.05) is 27.9 Å². The average Bonchev–Trinajstić information content (AvgIpc) is 4.28. The van der Waals surface area contributed by atoms with Gasteiger partial charge in [-0.1, -0.05) is 61.4 Å². The van der Waals surface area contributed by atoms with E-state index in [1.54, 1.807) is 18.0 Å². The molecule has 2 saturated carbocycles. The molecule has 3 aliphatic heterocycles. The van der Waals surface area contributed by atoms with E-state index in [0.717, 1.165) is 99.3 Å². The number of imidazole rings is 2. The summed E-state index contributed by atoms with van der Waals surface area (Å²) in [6, 6.07) is 24.8. The van der Waals surface area contributed by atoms with E-state index in [1.165, 1.54) is 52.6 Å². The minimum atomic E-state index is -0.912. The van der Waals surface area contributed by atoms with Gasteiger partial charge in [0.15, 0.2) is 0 Å². The van der Waals surface area contributed by atoms with E-state index >= 15 is 0 Å². The van der Waals surface area contributed by atoms with Crippen LogP contribution in [0.3, 0.4) is 0 Å². The SMILES string of the molecule is COC(=O)NC(C(=O)N1CCC[C@H]1c1ncc(-c2ccc3c(c2)OCc2cc(-c4ccc5nc([C@@H]6[C@H]7CC[C@H](C7)N6C(=O)[C@H](NC(=O)OC)c6ccc(C7CCCC7)cc6)[nH]c5c4)ccc2-3)[nH]1)[C@@H](C)OC. The molecule has 4 amide bonds. The summed E-state index contributed by atoms with van der Waals surface area (Å²) in [5.41, 5.74) is 10.7. The fourth-order valence-electron chi connectivity index (χ4n) is 12.0. The number of hydrogen-bond acceptors (Lipinski definition) is 10. The molecule has 16 heteroatoms. The molecule has 5 heterocycles. The van der Waals surface area contributed by atoms with Crippen LogP contribution in [0.25, 0.3) is 44.5 Å². The van der Waals surface area contributed by atoms with Crippen LogP contribution in [0.1, 0.15) is 117 Å². The standard InChI is InChI=1S/C55H60N8O8/c1-30(68-2)47(60-54(66)69-3)52(64)62-23-7-10-45(62)50-56-28-44(59-50)36-17-21-41-40-20-16-34(24-38(40)29-71-46(41)27-36)35-18-22-42-43(26-35)58-51(57-42)49-37-15-19-39(25-37)63(49)53(65)48(61-55(67)70-4)33-13-11-32(12-14-33)31-8-5-6-9-31/h11-14,16-18,20-22,24,26-28,30-31,37,39,45,47-49H,5-10,15,19,23,25,29H2,1-4H3,(H,56,59)(H,57,58)(H,60,66)(H,61,67)/t30-,37+,39-,45+,47?,48-,49+/m1/s1. The summed E-state index contributed by atoms with van der Waals surface area (Å²) in [6.07, 6.45) is 9.08. The van der Waals surface area contributed by atoms with Crippen LogP contribution >= 0.6 is 0 Å². The summed E-state index contributed by atoms with van der Waals surface area (Å²) < 4.78 is 21.7. The Hall–Kier alpha value is -7.20. The molecular weight excluding hydrogens is 901 g/mol. The second-order valence-corrected chi connectivity index (χ2v) is 19.8. The first-order chi connectivity index (χ1) is 34.6. The van der Waals surface area contributed by atoms with Crippen LogP contribution in [0.4, 0.5) is 9.59 Å². The number of rotatable bonds is 12. The molecule has 11 rings (SSSR count). The number of H-pyrrole nitrogens is 2. The molecule has 368 valence electrons. The molecule has 1 unspecified atom stereocenters. The number of nitrogens with one attached hydrogen (secondary N) is 4. The maximum Gasteiger partial charge on any atom is 0.407 e. The Morgan fingerprint density at radius 1 is 0.761 bits per heavy atom. The van der Waals surface area contributed by atoms with Crippen molar-refractivity contribution >= 4 is 35.0 Å². The Kier molecular flexibility index (Phi) is 12.5. The van der Waals surface area contributed by atoms with Crippen molar-refractivity contribution in [3.05, 3.63) is 113 Å². The number of amides is 4. The third kappa shape index (κ3) is 8.65. The van der Waals surface area contributed by atoms with Gasteiger partial charge in [0.2, 0.25) is 5.91 Å². The lowest BCUT2D eigenvalue weighted by molar-refractivity contribution is -0.138. The number of benzene rings is 4. The van der Waals surface area contributed by atoms with E-state index < -0.39 is 30.4 Å². The van der Waals surface area contributed by atoms with Gasteiger partial charge in [0.05, 0.1) is 55.3 Å². The van der Waals surface area contributed by atoms with Crippen LogP contribution in [0.15, 0.2) is 85.1 Å². The number of ether oxygens (including phenoxy) is 4. The van der Waals surface area contributed by atoms with Crippen molar-refractivity contribution in [2.45, 2.75) is 114 Å². The zero-order valence-corrected chi connectivity index (χ0v) is 40.5. The molecule has 0 radical (unpaired) electrons. The van der Waals surface area contributed by atoms with E-state index in [1.807, 2.05) is 29.2 Å². The molecule has 7 atom stereocenters. The van der Waals surface area contributed by atoms with Crippen molar-refractivity contribution < 1.29 is 38.1 Å². The highest BCUT2D eigenvalue weighted by Gasteiger charge is 2.51. The van der Waals surface area contributed by atoms with Crippen molar-refractivity contribution in [3.63, 3.8) is 0 Å². The molecule has 6 aromatic rings. The predicted octanol–water partition coefficient (Wildman–Crippen LogP) is 9.41. The summed E-state index contributed by atoms with van der Waals surface area (Å²) >= 11 is 0. The quantitative estimate of drug-likeness (QED) is 0.0919. The molecule has 2 bridgehead atoms. The Bertz CT molecular complexity index is 3000. The molecule has 0 spiro atoms. The number of carbonyl (C=O) groups excluding carboxylic acids is 4. The molecule has 4 fully saturated rings. The highest BCUT2D eigenvalue weighted by atomic mass is 16.5. The van der Waals surface area contributed by atoms with Crippen LogP contribution in [0.5, 0.6) is 5.75 Å². The fraction of sp³-hybridized carbons (Fsp3) is 0.418. The average molecular weight is 961 g/mol. The number of nitrogens with zero attached hydrogens (tertiary/aromatic N) is 4. The molecule has 2 aliphatic carbocycles. The van der Waals surface area contributed by atoms with Crippen molar-refractivity contribution in [2.24, 2.45) is 5.92 Å². The number of hydrogen-bond donors (Lipinski definition) is 4. The summed E-state index contributed by atoms with van der Waals surface area (Å²) in [5.74, 6) is 2.60. The second kappa shape index (κ2) is 19.2. The monoisotopic (exact) mass is 960 g/mol. The largest absolute Gasteiger partial charge is 0.488 e. The number of carbonyl (C=O) groups is 4. The molecular formula is C55H60N8O8. The summed E-state index contributed by atoms with van der Waals surface area (Å²) in [7, 11) is 4.09. The Balaban J connectivity index is 0.804. The molecule has 16 nitrogen and oxygen atoms in total. The number of likely N-dealkylation sites (tertiary alicyclic amines) is 2. The maximum absolute atomic E-state index is 14.8. The highest BCUT2D eigenvalue weighted by Crippen LogP contribution is 2.51. The fourth-order valence-corrected chi connectivity index (χ4v) is 12.0. The molecule has 4 aromatic carbocycles. The number of methoxy groups -OCH3 is 3. The molecule has 5 aliphatic rings. The summed E-state index contributed by atoms with van der Waals surface area (Å²) in [5, 5.41) is 5.51. The lowest BCUT2D eigenvalue weighted by Crippen LogP contribution is -2.54. The van der Waals surface area contributed by atoms with E-state index in [0.29, 0.717) is 24.9 Å². The first-order valence-electron chi connectivity index (χ1n) is 25.0. The number of aromatic amines is 2.